The molecule has 4 aromatic rings. The average molecular weight is 446 g/mol. The van der Waals surface area contributed by atoms with E-state index >= 15 is 0 Å². The Hall–Kier alpha value is -3.52. The van der Waals surface area contributed by atoms with Crippen LogP contribution in [0.3, 0.4) is 0 Å². The van der Waals surface area contributed by atoms with Crippen LogP contribution in [0.5, 0.6) is 0 Å². The molecular formula is C25H27N5O3. The molecule has 5 rings (SSSR count). The predicted molar refractivity (Wildman–Crippen MR) is 127 cm³/mol. The van der Waals surface area contributed by atoms with Crippen molar-refractivity contribution >= 4 is 28.0 Å². The average Bonchev–Trinajstić information content (AvgIpc) is 3.08. The van der Waals surface area contributed by atoms with Gasteiger partial charge in [-0.05, 0) is 44.9 Å². The lowest BCUT2D eigenvalue weighted by molar-refractivity contribution is -0.140. The van der Waals surface area contributed by atoms with Crippen molar-refractivity contribution in [1.29, 1.82) is 0 Å². The molecule has 8 heteroatoms. The summed E-state index contributed by atoms with van der Waals surface area (Å²) < 4.78 is 3.45. The second-order valence-corrected chi connectivity index (χ2v) is 8.87. The van der Waals surface area contributed by atoms with Gasteiger partial charge in [0, 0.05) is 31.7 Å². The zero-order chi connectivity index (χ0) is 23.3. The third-order valence-electron chi connectivity index (χ3n) is 6.57. The fraction of sp³-hybridized carbons (Fsp3) is 0.360. The van der Waals surface area contributed by atoms with Crippen LogP contribution >= 0.6 is 0 Å². The number of carbonyl (C=O) groups excluding carboxylic acids is 1. The Morgan fingerprint density at radius 2 is 1.94 bits per heavy atom. The first kappa shape index (κ1) is 21.3. The van der Waals surface area contributed by atoms with E-state index < -0.39 is 6.10 Å². The number of benzene rings is 1. The molecule has 0 bridgehead atoms. The van der Waals surface area contributed by atoms with Gasteiger partial charge in [0.1, 0.15) is 11.6 Å². The molecule has 1 atom stereocenters. The molecule has 0 radical (unpaired) electrons. The molecule has 1 aliphatic rings. The molecule has 0 unspecified atom stereocenters. The minimum Gasteiger partial charge on any atom is -0.384 e. The summed E-state index contributed by atoms with van der Waals surface area (Å²) in [7, 11) is 1.76. The number of hydrogen-bond acceptors (Lipinski definition) is 5. The molecule has 0 spiro atoms. The number of piperidine rings is 1. The first-order chi connectivity index (χ1) is 15.8. The van der Waals surface area contributed by atoms with Gasteiger partial charge in [-0.3, -0.25) is 18.9 Å². The van der Waals surface area contributed by atoms with Gasteiger partial charge in [-0.25, -0.2) is 9.78 Å². The number of nitrogens with zero attached hydrogens (tertiary/aromatic N) is 5. The number of fused-ring (bicyclic) bond motifs is 3. The van der Waals surface area contributed by atoms with Gasteiger partial charge in [-0.1, -0.05) is 23.8 Å². The van der Waals surface area contributed by atoms with Crippen molar-refractivity contribution in [3.8, 4) is 11.3 Å². The van der Waals surface area contributed by atoms with E-state index in [0.29, 0.717) is 31.4 Å². The van der Waals surface area contributed by atoms with E-state index in [0.717, 1.165) is 33.4 Å². The second-order valence-electron chi connectivity index (χ2n) is 8.87. The Morgan fingerprint density at radius 1 is 1.18 bits per heavy atom. The Balaban J connectivity index is 1.63. The molecule has 1 aliphatic heterocycles. The molecule has 8 nitrogen and oxygen atoms in total. The van der Waals surface area contributed by atoms with Crippen LogP contribution in [0, 0.1) is 6.92 Å². The van der Waals surface area contributed by atoms with Crippen molar-refractivity contribution in [2.24, 2.45) is 7.05 Å². The van der Waals surface area contributed by atoms with E-state index in [1.54, 1.807) is 22.7 Å². The zero-order valence-corrected chi connectivity index (χ0v) is 19.0. The number of aromatic nitrogens is 4. The lowest BCUT2D eigenvalue weighted by atomic mass is 10.0. The lowest BCUT2D eigenvalue weighted by Gasteiger charge is -2.33. The van der Waals surface area contributed by atoms with Crippen LogP contribution in [0.2, 0.25) is 0 Å². The number of pyridine rings is 2. The molecule has 1 N–H and O–H groups in total. The summed E-state index contributed by atoms with van der Waals surface area (Å²) in [4.78, 5) is 36.7. The van der Waals surface area contributed by atoms with Crippen molar-refractivity contribution in [2.75, 3.05) is 13.1 Å². The summed E-state index contributed by atoms with van der Waals surface area (Å²) >= 11 is 0. The van der Waals surface area contributed by atoms with Crippen LogP contribution in [0.1, 0.15) is 31.4 Å². The van der Waals surface area contributed by atoms with Crippen molar-refractivity contribution in [3.63, 3.8) is 0 Å². The van der Waals surface area contributed by atoms with Crippen molar-refractivity contribution < 1.29 is 9.90 Å². The first-order valence-electron chi connectivity index (χ1n) is 11.3. The van der Waals surface area contributed by atoms with Gasteiger partial charge in [0.15, 0.2) is 0 Å². The van der Waals surface area contributed by atoms with Gasteiger partial charge in [0.25, 0.3) is 5.91 Å². The number of carbonyl (C=O) groups is 1. The number of rotatable bonds is 3. The number of amides is 1. The molecular weight excluding hydrogens is 418 g/mol. The molecule has 4 heterocycles. The minimum absolute atomic E-state index is 0.0609. The molecule has 33 heavy (non-hydrogen) atoms. The standard InChI is InChI=1S/C25H27N5O3/c1-15-5-4-6-17(13-15)19-7-8-20-22(27-19)23-21(14-26-20)28(3)25(33)30(23)18-9-11-29(12-10-18)24(32)16(2)31/h4-8,13-14,16,18,31H,9-12H2,1-3H3/t16-/m0/s1. The van der Waals surface area contributed by atoms with E-state index in [4.69, 9.17) is 4.98 Å². The molecule has 1 saturated heterocycles. The van der Waals surface area contributed by atoms with E-state index in [9.17, 15) is 14.7 Å². The van der Waals surface area contributed by atoms with Gasteiger partial charge >= 0.3 is 5.69 Å². The fourth-order valence-corrected chi connectivity index (χ4v) is 4.80. The lowest BCUT2D eigenvalue weighted by Crippen LogP contribution is -2.44. The van der Waals surface area contributed by atoms with Crippen LogP contribution in [-0.2, 0) is 11.8 Å². The third-order valence-corrected chi connectivity index (χ3v) is 6.57. The summed E-state index contributed by atoms with van der Waals surface area (Å²) in [5.74, 6) is -0.266. The molecule has 170 valence electrons. The van der Waals surface area contributed by atoms with Crippen LogP contribution < -0.4 is 5.69 Å². The first-order valence-corrected chi connectivity index (χ1v) is 11.3. The highest BCUT2D eigenvalue weighted by molar-refractivity contribution is 6.00. The highest BCUT2D eigenvalue weighted by Gasteiger charge is 2.29. The number of aryl methyl sites for hydroxylation is 2. The Bertz CT molecular complexity index is 1430. The largest absolute Gasteiger partial charge is 0.384 e. The number of likely N-dealkylation sites (tertiary alicyclic amines) is 1. The van der Waals surface area contributed by atoms with Crippen molar-refractivity contribution in [3.05, 3.63) is 58.6 Å². The van der Waals surface area contributed by atoms with Crippen LogP contribution in [-0.4, -0.2) is 54.2 Å². The van der Waals surface area contributed by atoms with Gasteiger partial charge in [-0.2, -0.15) is 0 Å². The quantitative estimate of drug-likeness (QED) is 0.523. The highest BCUT2D eigenvalue weighted by atomic mass is 16.3. The topological polar surface area (TPSA) is 93.2 Å². The summed E-state index contributed by atoms with van der Waals surface area (Å²) in [6.07, 6.45) is 1.99. The van der Waals surface area contributed by atoms with E-state index in [-0.39, 0.29) is 17.6 Å². The minimum atomic E-state index is -1.01. The SMILES string of the molecule is Cc1cccc(-c2ccc3ncc4c(c3n2)n(C2CCN(C(=O)[C@H](C)O)CC2)c(=O)n4C)c1. The molecule has 1 aromatic carbocycles. The van der Waals surface area contributed by atoms with Crippen LogP contribution in [0.4, 0.5) is 0 Å². The normalized spacial score (nSPS) is 15.9. The molecule has 1 amide bonds. The van der Waals surface area contributed by atoms with E-state index in [1.165, 1.54) is 6.92 Å². The summed E-state index contributed by atoms with van der Waals surface area (Å²) in [6, 6.07) is 12.0. The predicted octanol–water partition coefficient (Wildman–Crippen LogP) is 2.80. The molecule has 0 saturated carbocycles. The van der Waals surface area contributed by atoms with Gasteiger partial charge in [0.05, 0.1) is 28.4 Å². The Morgan fingerprint density at radius 3 is 2.64 bits per heavy atom. The third kappa shape index (κ3) is 3.60. The summed E-state index contributed by atoms with van der Waals surface area (Å²) in [6.45, 7) is 4.54. The van der Waals surface area contributed by atoms with E-state index in [1.807, 2.05) is 41.8 Å². The number of aliphatic hydroxyl groups is 1. The van der Waals surface area contributed by atoms with Gasteiger partial charge in [0.2, 0.25) is 0 Å². The maximum absolute atomic E-state index is 13.3. The van der Waals surface area contributed by atoms with Gasteiger partial charge < -0.3 is 10.0 Å². The van der Waals surface area contributed by atoms with Crippen LogP contribution in [0.15, 0.2) is 47.4 Å². The summed E-state index contributed by atoms with van der Waals surface area (Å²) in [5.41, 5.74) is 5.85. The molecule has 0 aliphatic carbocycles. The second kappa shape index (κ2) is 8.12. The summed E-state index contributed by atoms with van der Waals surface area (Å²) in [5, 5.41) is 9.64. The number of aliphatic hydroxyl groups excluding tert-OH is 1. The maximum Gasteiger partial charge on any atom is 0.329 e. The van der Waals surface area contributed by atoms with Crippen molar-refractivity contribution in [1.82, 2.24) is 24.0 Å². The Labute approximate surface area is 191 Å². The fourth-order valence-electron chi connectivity index (χ4n) is 4.80. The Kier molecular flexibility index (Phi) is 5.25. The number of hydrogen-bond donors (Lipinski definition) is 1. The molecule has 1 fully saturated rings. The zero-order valence-electron chi connectivity index (χ0n) is 19.0. The highest BCUT2D eigenvalue weighted by Crippen LogP contribution is 2.30. The van der Waals surface area contributed by atoms with Crippen molar-refractivity contribution in [2.45, 2.75) is 38.8 Å². The smallest absolute Gasteiger partial charge is 0.329 e. The monoisotopic (exact) mass is 445 g/mol. The van der Waals surface area contributed by atoms with E-state index in [2.05, 4.69) is 11.1 Å². The molecule has 3 aromatic heterocycles. The number of imidazole rings is 1. The maximum atomic E-state index is 13.3. The van der Waals surface area contributed by atoms with Crippen LogP contribution in [0.25, 0.3) is 33.3 Å². The van der Waals surface area contributed by atoms with Gasteiger partial charge in [-0.15, -0.1) is 0 Å².